The van der Waals surface area contributed by atoms with Crippen molar-refractivity contribution in [2.45, 2.75) is 20.0 Å². The lowest BCUT2D eigenvalue weighted by molar-refractivity contribution is -0.122. The minimum atomic E-state index is -0.306. The first kappa shape index (κ1) is 22.8. The molecule has 2 aromatic rings. The molecule has 0 unspecified atom stereocenters. The molecule has 1 saturated heterocycles. The lowest BCUT2D eigenvalue weighted by Gasteiger charge is -2.14. The molecule has 0 atom stereocenters. The molecule has 0 aliphatic carbocycles. The average molecular weight is 487 g/mol. The van der Waals surface area contributed by atoms with Gasteiger partial charge in [-0.25, -0.2) is 0 Å². The molecular weight excluding hydrogens is 469 g/mol. The Hall–Kier alpha value is -1.86. The van der Waals surface area contributed by atoms with Crippen LogP contribution in [0.3, 0.4) is 0 Å². The predicted octanol–water partition coefficient (Wildman–Crippen LogP) is 6.68. The number of carbonyl (C=O) groups is 2. The fraction of sp³-hybridized carbons (Fsp3) is 0.238. The van der Waals surface area contributed by atoms with Gasteiger partial charge in [0, 0.05) is 22.2 Å². The fourth-order valence-corrected chi connectivity index (χ4v) is 4.42. The van der Waals surface area contributed by atoms with Crippen LogP contribution < -0.4 is 9.47 Å². The fourth-order valence-electron chi connectivity index (χ4n) is 2.82. The number of hydrogen-bond donors (Lipinski definition) is 0. The van der Waals surface area contributed by atoms with Gasteiger partial charge in [-0.2, -0.15) is 0 Å². The van der Waals surface area contributed by atoms with Gasteiger partial charge in [0.1, 0.15) is 6.61 Å². The topological polar surface area (TPSA) is 55.8 Å². The van der Waals surface area contributed by atoms with Gasteiger partial charge in [0.2, 0.25) is 0 Å². The highest BCUT2D eigenvalue weighted by Crippen LogP contribution is 2.39. The molecule has 0 bridgehead atoms. The van der Waals surface area contributed by atoms with Crippen molar-refractivity contribution < 1.29 is 19.1 Å². The summed E-state index contributed by atoms with van der Waals surface area (Å²) in [4.78, 5) is 26.0. The van der Waals surface area contributed by atoms with Gasteiger partial charge in [-0.1, -0.05) is 47.8 Å². The molecule has 0 aromatic heterocycles. The summed E-state index contributed by atoms with van der Waals surface area (Å²) in [7, 11) is 1.49. The summed E-state index contributed by atoms with van der Waals surface area (Å²) in [6, 6.07) is 8.47. The van der Waals surface area contributed by atoms with Gasteiger partial charge in [0.05, 0.1) is 17.0 Å². The quantitative estimate of drug-likeness (QED) is 0.409. The smallest absolute Gasteiger partial charge is 0.293 e. The first-order valence-electron chi connectivity index (χ1n) is 9.03. The van der Waals surface area contributed by atoms with Gasteiger partial charge in [-0.3, -0.25) is 14.5 Å². The molecule has 1 aliphatic rings. The highest BCUT2D eigenvalue weighted by Gasteiger charge is 2.34. The Labute approximate surface area is 193 Å². The third-order valence-corrected chi connectivity index (χ3v) is 6.03. The van der Waals surface area contributed by atoms with E-state index in [0.29, 0.717) is 50.0 Å². The number of thioether (sulfide) groups is 1. The first-order valence-corrected chi connectivity index (χ1v) is 11.0. The zero-order valence-corrected chi connectivity index (χ0v) is 19.3. The second kappa shape index (κ2) is 9.96. The Kier molecular flexibility index (Phi) is 7.58. The summed E-state index contributed by atoms with van der Waals surface area (Å²) < 4.78 is 11.3. The van der Waals surface area contributed by atoms with Crippen molar-refractivity contribution >= 4 is 63.8 Å². The standard InChI is InChI=1S/C21H18Cl3NO4S/c1-3-6-25-20(26)18(30-21(25)27)9-12-7-16(24)19(17(8-12)28-2)29-11-13-4-5-14(22)10-15(13)23/h4-5,7-10H,3,6,11H2,1-2H3/b18-9+. The van der Waals surface area contributed by atoms with Crippen LogP contribution in [0.1, 0.15) is 24.5 Å². The van der Waals surface area contributed by atoms with E-state index >= 15 is 0 Å². The summed E-state index contributed by atoms with van der Waals surface area (Å²) in [5.74, 6) is 0.438. The van der Waals surface area contributed by atoms with Crippen LogP contribution in [-0.4, -0.2) is 29.7 Å². The molecular formula is C21H18Cl3NO4S. The number of imide groups is 1. The molecule has 0 saturated carbocycles. The SMILES string of the molecule is CCCN1C(=O)S/C(=C/c2cc(Cl)c(OCc3ccc(Cl)cc3Cl)c(OC)c2)C1=O. The lowest BCUT2D eigenvalue weighted by atomic mass is 10.1. The number of amides is 2. The van der Waals surface area contributed by atoms with Crippen molar-refractivity contribution in [3.8, 4) is 11.5 Å². The van der Waals surface area contributed by atoms with Crippen molar-refractivity contribution in [1.82, 2.24) is 4.90 Å². The molecule has 1 heterocycles. The van der Waals surface area contributed by atoms with Gasteiger partial charge in [-0.15, -0.1) is 0 Å². The highest BCUT2D eigenvalue weighted by atomic mass is 35.5. The maximum atomic E-state index is 12.4. The summed E-state index contributed by atoms with van der Waals surface area (Å²) >= 11 is 19.4. The zero-order chi connectivity index (χ0) is 21.8. The molecule has 0 spiro atoms. The number of carbonyl (C=O) groups excluding carboxylic acids is 2. The van der Waals surface area contributed by atoms with E-state index < -0.39 is 0 Å². The van der Waals surface area contributed by atoms with Crippen LogP contribution in [0, 0.1) is 0 Å². The molecule has 0 radical (unpaired) electrons. The third kappa shape index (κ3) is 5.06. The number of nitrogens with zero attached hydrogens (tertiary/aromatic N) is 1. The van der Waals surface area contributed by atoms with E-state index in [1.165, 1.54) is 12.0 Å². The Bertz CT molecular complexity index is 1030. The van der Waals surface area contributed by atoms with Crippen molar-refractivity contribution in [2.24, 2.45) is 0 Å². The van der Waals surface area contributed by atoms with E-state index in [-0.39, 0.29) is 17.8 Å². The van der Waals surface area contributed by atoms with Gasteiger partial charge < -0.3 is 9.47 Å². The van der Waals surface area contributed by atoms with Crippen LogP contribution in [-0.2, 0) is 11.4 Å². The Morgan fingerprint density at radius 3 is 2.53 bits per heavy atom. The number of benzene rings is 2. The van der Waals surface area contributed by atoms with Crippen LogP contribution in [0.2, 0.25) is 15.1 Å². The molecule has 9 heteroatoms. The number of methoxy groups -OCH3 is 1. The van der Waals surface area contributed by atoms with Crippen LogP contribution >= 0.6 is 46.6 Å². The second-order valence-electron chi connectivity index (χ2n) is 6.39. The van der Waals surface area contributed by atoms with Crippen LogP contribution in [0.4, 0.5) is 4.79 Å². The maximum Gasteiger partial charge on any atom is 0.293 e. The first-order chi connectivity index (χ1) is 14.3. The molecule has 3 rings (SSSR count). The van der Waals surface area contributed by atoms with Gasteiger partial charge in [-0.05, 0) is 54.1 Å². The highest BCUT2D eigenvalue weighted by molar-refractivity contribution is 8.18. The van der Waals surface area contributed by atoms with E-state index in [4.69, 9.17) is 44.3 Å². The molecule has 5 nitrogen and oxygen atoms in total. The van der Waals surface area contributed by atoms with E-state index in [9.17, 15) is 9.59 Å². The van der Waals surface area contributed by atoms with E-state index in [1.807, 2.05) is 6.92 Å². The third-order valence-electron chi connectivity index (χ3n) is 4.26. The summed E-state index contributed by atoms with van der Waals surface area (Å²) in [6.45, 7) is 2.47. The Balaban J connectivity index is 1.84. The molecule has 2 aromatic carbocycles. The monoisotopic (exact) mass is 485 g/mol. The molecule has 2 amide bonds. The predicted molar refractivity (Wildman–Crippen MR) is 122 cm³/mol. The molecule has 158 valence electrons. The van der Waals surface area contributed by atoms with Crippen molar-refractivity contribution in [2.75, 3.05) is 13.7 Å². The lowest BCUT2D eigenvalue weighted by Crippen LogP contribution is -2.28. The summed E-state index contributed by atoms with van der Waals surface area (Å²) in [5, 5.41) is 1.05. The Morgan fingerprint density at radius 1 is 1.10 bits per heavy atom. The van der Waals surface area contributed by atoms with Crippen LogP contribution in [0.5, 0.6) is 11.5 Å². The van der Waals surface area contributed by atoms with Crippen molar-refractivity contribution in [3.63, 3.8) is 0 Å². The van der Waals surface area contributed by atoms with Gasteiger partial charge >= 0.3 is 0 Å². The average Bonchev–Trinajstić information content (AvgIpc) is 2.95. The maximum absolute atomic E-state index is 12.4. The number of hydrogen-bond acceptors (Lipinski definition) is 5. The summed E-state index contributed by atoms with van der Waals surface area (Å²) in [6.07, 6.45) is 2.32. The van der Waals surface area contributed by atoms with Crippen LogP contribution in [0.25, 0.3) is 6.08 Å². The van der Waals surface area contributed by atoms with Crippen molar-refractivity contribution in [1.29, 1.82) is 0 Å². The van der Waals surface area contributed by atoms with E-state index in [0.717, 1.165) is 17.3 Å². The zero-order valence-electron chi connectivity index (χ0n) is 16.2. The number of halogens is 3. The number of rotatable bonds is 7. The number of ether oxygens (including phenoxy) is 2. The molecule has 1 fully saturated rings. The van der Waals surface area contributed by atoms with Crippen LogP contribution in [0.15, 0.2) is 35.2 Å². The Morgan fingerprint density at radius 2 is 1.87 bits per heavy atom. The molecule has 30 heavy (non-hydrogen) atoms. The summed E-state index contributed by atoms with van der Waals surface area (Å²) in [5.41, 5.74) is 1.36. The minimum Gasteiger partial charge on any atom is -0.493 e. The largest absolute Gasteiger partial charge is 0.493 e. The normalized spacial score (nSPS) is 15.2. The second-order valence-corrected chi connectivity index (χ2v) is 8.64. The van der Waals surface area contributed by atoms with Crippen molar-refractivity contribution in [3.05, 3.63) is 61.4 Å². The molecule has 1 aliphatic heterocycles. The van der Waals surface area contributed by atoms with E-state index in [2.05, 4.69) is 0 Å². The minimum absolute atomic E-state index is 0.168. The molecule has 0 N–H and O–H groups in total. The van der Waals surface area contributed by atoms with Gasteiger partial charge in [0.25, 0.3) is 11.1 Å². The van der Waals surface area contributed by atoms with Gasteiger partial charge in [0.15, 0.2) is 11.5 Å². The van der Waals surface area contributed by atoms with E-state index in [1.54, 1.807) is 36.4 Å².